The SMILES string of the molecule is CCC1CC(O)(c2ccnn2C)CCN1. The van der Waals surface area contributed by atoms with Gasteiger partial charge in [-0.25, -0.2) is 0 Å². The number of nitrogens with one attached hydrogen (secondary N) is 1. The largest absolute Gasteiger partial charge is 0.383 e. The van der Waals surface area contributed by atoms with Gasteiger partial charge >= 0.3 is 0 Å². The standard InChI is InChI=1S/C11H19N3O/c1-3-9-8-11(15,5-7-12-9)10-4-6-13-14(10)2/h4,6,9,12,15H,3,5,7-8H2,1-2H3. The number of rotatable bonds is 2. The molecule has 1 fully saturated rings. The van der Waals surface area contributed by atoms with E-state index in [2.05, 4.69) is 17.3 Å². The number of nitrogens with zero attached hydrogens (tertiary/aromatic N) is 2. The van der Waals surface area contributed by atoms with Crippen molar-refractivity contribution in [1.82, 2.24) is 15.1 Å². The zero-order valence-electron chi connectivity index (χ0n) is 9.40. The zero-order valence-corrected chi connectivity index (χ0v) is 9.40. The van der Waals surface area contributed by atoms with Crippen molar-refractivity contribution in [3.63, 3.8) is 0 Å². The van der Waals surface area contributed by atoms with Crippen LogP contribution in [0.2, 0.25) is 0 Å². The van der Waals surface area contributed by atoms with Gasteiger partial charge in [0.2, 0.25) is 0 Å². The Hall–Kier alpha value is -0.870. The van der Waals surface area contributed by atoms with Crippen LogP contribution in [-0.4, -0.2) is 27.5 Å². The maximum absolute atomic E-state index is 10.6. The van der Waals surface area contributed by atoms with E-state index in [0.29, 0.717) is 6.04 Å². The van der Waals surface area contributed by atoms with Crippen LogP contribution >= 0.6 is 0 Å². The van der Waals surface area contributed by atoms with Crippen LogP contribution in [-0.2, 0) is 12.6 Å². The van der Waals surface area contributed by atoms with Crippen LogP contribution in [0.15, 0.2) is 12.3 Å². The Balaban J connectivity index is 2.22. The van der Waals surface area contributed by atoms with Crippen molar-refractivity contribution in [1.29, 1.82) is 0 Å². The quantitative estimate of drug-likeness (QED) is 0.756. The fraction of sp³-hybridized carbons (Fsp3) is 0.727. The predicted octanol–water partition coefficient (Wildman–Crippen LogP) is 0.770. The Bertz CT molecular complexity index is 336. The summed E-state index contributed by atoms with van der Waals surface area (Å²) in [6.07, 6.45) is 4.35. The van der Waals surface area contributed by atoms with Crippen molar-refractivity contribution in [2.45, 2.75) is 37.8 Å². The fourth-order valence-corrected chi connectivity index (χ4v) is 2.42. The van der Waals surface area contributed by atoms with E-state index >= 15 is 0 Å². The summed E-state index contributed by atoms with van der Waals surface area (Å²) in [5.41, 5.74) is 0.236. The first-order chi connectivity index (χ1) is 7.15. The molecule has 84 valence electrons. The molecule has 0 radical (unpaired) electrons. The molecular weight excluding hydrogens is 190 g/mol. The van der Waals surface area contributed by atoms with Crippen LogP contribution in [0, 0.1) is 0 Å². The molecule has 0 aliphatic carbocycles. The Morgan fingerprint density at radius 1 is 1.73 bits per heavy atom. The van der Waals surface area contributed by atoms with Gasteiger partial charge in [-0.2, -0.15) is 5.10 Å². The average Bonchev–Trinajstić information content (AvgIpc) is 2.65. The van der Waals surface area contributed by atoms with E-state index in [4.69, 9.17) is 0 Å². The lowest BCUT2D eigenvalue weighted by atomic mass is 9.84. The van der Waals surface area contributed by atoms with E-state index in [-0.39, 0.29) is 0 Å². The molecule has 1 saturated heterocycles. The molecule has 0 bridgehead atoms. The molecule has 0 aromatic carbocycles. The molecule has 2 unspecified atom stereocenters. The number of hydrogen-bond acceptors (Lipinski definition) is 3. The molecule has 2 N–H and O–H groups in total. The molecule has 1 aromatic rings. The minimum Gasteiger partial charge on any atom is -0.383 e. The highest BCUT2D eigenvalue weighted by Gasteiger charge is 2.37. The number of aryl methyl sites for hydroxylation is 1. The van der Waals surface area contributed by atoms with Crippen molar-refractivity contribution in [2.24, 2.45) is 7.05 Å². The van der Waals surface area contributed by atoms with Gasteiger partial charge in [0.25, 0.3) is 0 Å². The molecule has 0 saturated carbocycles. The third kappa shape index (κ3) is 1.92. The molecule has 4 nitrogen and oxygen atoms in total. The average molecular weight is 209 g/mol. The molecule has 2 atom stereocenters. The van der Waals surface area contributed by atoms with E-state index in [0.717, 1.165) is 31.5 Å². The smallest absolute Gasteiger partial charge is 0.109 e. The lowest BCUT2D eigenvalue weighted by Crippen LogP contribution is -2.46. The highest BCUT2D eigenvalue weighted by molar-refractivity contribution is 5.13. The molecule has 1 aliphatic heterocycles. The first kappa shape index (κ1) is 10.6. The number of aromatic nitrogens is 2. The molecule has 0 spiro atoms. The molecule has 1 aromatic heterocycles. The van der Waals surface area contributed by atoms with Gasteiger partial charge in [0.1, 0.15) is 5.60 Å². The molecular formula is C11H19N3O. The van der Waals surface area contributed by atoms with Crippen molar-refractivity contribution >= 4 is 0 Å². The van der Waals surface area contributed by atoms with Gasteiger partial charge in [-0.3, -0.25) is 4.68 Å². The molecule has 0 amide bonds. The van der Waals surface area contributed by atoms with Crippen LogP contribution in [0.25, 0.3) is 0 Å². The Labute approximate surface area is 90.3 Å². The Morgan fingerprint density at radius 2 is 2.53 bits per heavy atom. The second kappa shape index (κ2) is 3.94. The van der Waals surface area contributed by atoms with Crippen LogP contribution in [0.5, 0.6) is 0 Å². The zero-order chi connectivity index (χ0) is 10.9. The third-order valence-electron chi connectivity index (χ3n) is 3.35. The lowest BCUT2D eigenvalue weighted by Gasteiger charge is -2.37. The van der Waals surface area contributed by atoms with Gasteiger partial charge < -0.3 is 10.4 Å². The monoisotopic (exact) mass is 209 g/mol. The van der Waals surface area contributed by atoms with E-state index in [1.54, 1.807) is 10.9 Å². The number of aliphatic hydroxyl groups is 1. The van der Waals surface area contributed by atoms with Crippen LogP contribution in [0.1, 0.15) is 31.9 Å². The van der Waals surface area contributed by atoms with E-state index in [1.807, 2.05) is 13.1 Å². The fourth-order valence-electron chi connectivity index (χ4n) is 2.42. The highest BCUT2D eigenvalue weighted by atomic mass is 16.3. The van der Waals surface area contributed by atoms with E-state index in [9.17, 15) is 5.11 Å². The maximum Gasteiger partial charge on any atom is 0.109 e. The second-order valence-corrected chi connectivity index (χ2v) is 4.39. The lowest BCUT2D eigenvalue weighted by molar-refractivity contribution is -0.0164. The van der Waals surface area contributed by atoms with Gasteiger partial charge in [-0.1, -0.05) is 6.92 Å². The van der Waals surface area contributed by atoms with Gasteiger partial charge in [0.05, 0.1) is 5.69 Å². The predicted molar refractivity (Wildman–Crippen MR) is 58.4 cm³/mol. The van der Waals surface area contributed by atoms with Crippen molar-refractivity contribution in [2.75, 3.05) is 6.54 Å². The summed E-state index contributed by atoms with van der Waals surface area (Å²) in [4.78, 5) is 0. The van der Waals surface area contributed by atoms with Crippen molar-refractivity contribution < 1.29 is 5.11 Å². The maximum atomic E-state index is 10.6. The summed E-state index contributed by atoms with van der Waals surface area (Å²) in [6, 6.07) is 2.33. The minimum atomic E-state index is -0.697. The summed E-state index contributed by atoms with van der Waals surface area (Å²) < 4.78 is 1.78. The first-order valence-corrected chi connectivity index (χ1v) is 5.60. The molecule has 2 heterocycles. The summed E-state index contributed by atoms with van der Waals surface area (Å²) in [5.74, 6) is 0. The van der Waals surface area contributed by atoms with Gasteiger partial charge in [0, 0.05) is 19.3 Å². The molecule has 15 heavy (non-hydrogen) atoms. The Morgan fingerprint density at radius 3 is 3.13 bits per heavy atom. The molecule has 2 rings (SSSR count). The topological polar surface area (TPSA) is 50.1 Å². The summed E-state index contributed by atoms with van der Waals surface area (Å²) >= 11 is 0. The van der Waals surface area contributed by atoms with E-state index in [1.165, 1.54) is 0 Å². The summed E-state index contributed by atoms with van der Waals surface area (Å²) in [7, 11) is 1.89. The van der Waals surface area contributed by atoms with Gasteiger partial charge in [-0.05, 0) is 31.9 Å². The van der Waals surface area contributed by atoms with Crippen LogP contribution < -0.4 is 5.32 Å². The Kier molecular flexibility index (Phi) is 2.80. The van der Waals surface area contributed by atoms with Gasteiger partial charge in [-0.15, -0.1) is 0 Å². The van der Waals surface area contributed by atoms with E-state index < -0.39 is 5.60 Å². The van der Waals surface area contributed by atoms with Crippen molar-refractivity contribution in [3.8, 4) is 0 Å². The number of piperidine rings is 1. The molecule has 1 aliphatic rings. The highest BCUT2D eigenvalue weighted by Crippen LogP contribution is 2.32. The molecule has 4 heteroatoms. The first-order valence-electron chi connectivity index (χ1n) is 5.60. The summed E-state index contributed by atoms with van der Waals surface area (Å²) in [5, 5.41) is 18.2. The second-order valence-electron chi connectivity index (χ2n) is 4.39. The minimum absolute atomic E-state index is 0.415. The van der Waals surface area contributed by atoms with Crippen LogP contribution in [0.3, 0.4) is 0 Å². The normalized spacial score (nSPS) is 31.8. The third-order valence-corrected chi connectivity index (χ3v) is 3.35. The number of hydrogen-bond donors (Lipinski definition) is 2. The van der Waals surface area contributed by atoms with Crippen LogP contribution in [0.4, 0.5) is 0 Å². The summed E-state index contributed by atoms with van der Waals surface area (Å²) in [6.45, 7) is 3.02. The van der Waals surface area contributed by atoms with Gasteiger partial charge in [0.15, 0.2) is 0 Å². The van der Waals surface area contributed by atoms with Crippen molar-refractivity contribution in [3.05, 3.63) is 18.0 Å².